The first-order valence-electron chi connectivity index (χ1n) is 13.4. The van der Waals surface area contributed by atoms with Crippen molar-refractivity contribution in [1.82, 2.24) is 14.2 Å². The maximum atomic E-state index is 13.6. The van der Waals surface area contributed by atoms with Gasteiger partial charge in [0.2, 0.25) is 0 Å². The first-order chi connectivity index (χ1) is 18.8. The molecule has 5 heterocycles. The van der Waals surface area contributed by atoms with E-state index in [0.717, 1.165) is 55.1 Å². The number of aromatic nitrogens is 1. The largest absolute Gasteiger partial charge is 0.480 e. The predicted molar refractivity (Wildman–Crippen MR) is 147 cm³/mol. The molecule has 8 rings (SSSR count). The molecule has 6 aliphatic rings. The molecule has 0 saturated carbocycles. The molecule has 0 unspecified atom stereocenters. The Kier molecular flexibility index (Phi) is 4.48. The summed E-state index contributed by atoms with van der Waals surface area (Å²) in [6.07, 6.45) is 15.3. The molecule has 1 aromatic heterocycles. The van der Waals surface area contributed by atoms with E-state index in [1.165, 1.54) is 0 Å². The number of carbonyl (C=O) groups excluding carboxylic acids is 1. The van der Waals surface area contributed by atoms with E-state index in [2.05, 4.69) is 39.9 Å². The van der Waals surface area contributed by atoms with Gasteiger partial charge < -0.3 is 19.1 Å². The number of allylic oxidation sites excluding steroid dienone is 3. The Morgan fingerprint density at radius 1 is 1.38 bits per heavy atom. The van der Waals surface area contributed by atoms with Crippen LogP contribution in [0.15, 0.2) is 35.0 Å². The van der Waals surface area contributed by atoms with Gasteiger partial charge in [-0.15, -0.1) is 5.01 Å². The summed E-state index contributed by atoms with van der Waals surface area (Å²) >= 11 is 0. The van der Waals surface area contributed by atoms with E-state index in [1.54, 1.807) is 7.11 Å². The van der Waals surface area contributed by atoms with Crippen molar-refractivity contribution in [2.45, 2.75) is 50.7 Å². The number of ether oxygens (including phenoxy) is 2. The maximum absolute atomic E-state index is 13.6. The number of aliphatic carboxylic acids is 1. The second-order valence-corrected chi connectivity index (χ2v) is 11.4. The zero-order valence-corrected chi connectivity index (χ0v) is 22.1. The molecule has 39 heavy (non-hydrogen) atoms. The molecule has 1 fully saturated rings. The molecule has 0 spiro atoms. The number of hydrogen-bond acceptors (Lipinski definition) is 6. The van der Waals surface area contributed by atoms with E-state index in [-0.39, 0.29) is 23.0 Å². The topological polar surface area (TPSA) is 93.4 Å². The Hall–Kier alpha value is -3.63. The molecule has 1 N–H and O–H groups in total. The summed E-state index contributed by atoms with van der Waals surface area (Å²) in [6.45, 7) is 2.36. The van der Waals surface area contributed by atoms with E-state index in [0.29, 0.717) is 25.8 Å². The van der Waals surface area contributed by atoms with Crippen LogP contribution in [0.1, 0.15) is 47.7 Å². The zero-order valence-electron chi connectivity index (χ0n) is 22.1. The van der Waals surface area contributed by atoms with Crippen molar-refractivity contribution in [2.75, 3.05) is 20.7 Å². The highest BCUT2D eigenvalue weighted by Gasteiger charge is 2.65. The van der Waals surface area contributed by atoms with Gasteiger partial charge in [-0.1, -0.05) is 18.2 Å². The third kappa shape index (κ3) is 2.61. The van der Waals surface area contributed by atoms with Crippen LogP contribution < -0.4 is 15.2 Å². The van der Waals surface area contributed by atoms with E-state index in [1.807, 2.05) is 31.4 Å². The number of Topliss-reactive ketones (excluding diaryl/α,β-unsaturated/α-hetero) is 1. The summed E-state index contributed by atoms with van der Waals surface area (Å²) in [6, 6.07) is 0. The van der Waals surface area contributed by atoms with Crippen LogP contribution in [0, 0.1) is 0 Å². The number of likely N-dealkylation sites (N-methyl/N-ethyl adjacent to an activating group) is 1. The average molecular weight is 526 g/mol. The minimum atomic E-state index is -0.930. The van der Waals surface area contributed by atoms with Crippen LogP contribution in [0.5, 0.6) is 0 Å². The number of quaternary nitrogens is 1. The number of carboxylic acids is 1. The van der Waals surface area contributed by atoms with Gasteiger partial charge in [0.05, 0.1) is 23.7 Å². The number of carboxylic acid groups (broad SMARTS) is 1. The lowest BCUT2D eigenvalue weighted by atomic mass is 9.90. The number of nitrogens with zero attached hydrogens (tertiary/aromatic N) is 4. The normalized spacial score (nSPS) is 31.6. The summed E-state index contributed by atoms with van der Waals surface area (Å²) in [5, 5.41) is 14.7. The molecule has 198 valence electrons. The molecule has 4 atom stereocenters. The molecule has 0 amide bonds. The van der Waals surface area contributed by atoms with Gasteiger partial charge in [-0.3, -0.25) is 14.6 Å². The number of carbonyl (C=O) groups is 2. The third-order valence-electron chi connectivity index (χ3n) is 9.29. The molecule has 0 radical (unpaired) electrons. The quantitative estimate of drug-likeness (QED) is 0.486. The smallest absolute Gasteiger partial charge is 0.323 e. The molecule has 2 aliphatic carbocycles. The second-order valence-electron chi connectivity index (χ2n) is 11.4. The van der Waals surface area contributed by atoms with Crippen molar-refractivity contribution in [1.29, 1.82) is 0 Å². The van der Waals surface area contributed by atoms with E-state index < -0.39 is 17.8 Å². The highest BCUT2D eigenvalue weighted by molar-refractivity contribution is 6.18. The van der Waals surface area contributed by atoms with Crippen LogP contribution in [0.2, 0.25) is 0 Å². The molecule has 1 saturated heterocycles. The van der Waals surface area contributed by atoms with Crippen LogP contribution in [0.25, 0.3) is 28.8 Å². The van der Waals surface area contributed by atoms with Crippen molar-refractivity contribution < 1.29 is 24.2 Å². The van der Waals surface area contributed by atoms with Crippen molar-refractivity contribution >= 4 is 52.4 Å². The fraction of sp³-hybridized carbons (Fsp3) is 0.367. The van der Waals surface area contributed by atoms with Gasteiger partial charge in [-0.25, -0.2) is 0 Å². The predicted octanol–water partition coefficient (Wildman–Crippen LogP) is 2.19. The van der Waals surface area contributed by atoms with Crippen LogP contribution in [0.4, 0.5) is 5.69 Å². The van der Waals surface area contributed by atoms with Gasteiger partial charge in [0.1, 0.15) is 17.8 Å². The summed E-state index contributed by atoms with van der Waals surface area (Å²) in [5.74, 6) is -0.797. The van der Waals surface area contributed by atoms with Gasteiger partial charge in [0, 0.05) is 66.6 Å². The lowest BCUT2D eigenvalue weighted by Crippen LogP contribution is -2.70. The Balaban J connectivity index is 1.67. The van der Waals surface area contributed by atoms with Crippen LogP contribution in [-0.2, 0) is 20.8 Å². The minimum Gasteiger partial charge on any atom is -0.480 e. The Morgan fingerprint density at radius 2 is 2.23 bits per heavy atom. The molecule has 4 aliphatic heterocycles. The first kappa shape index (κ1) is 23.3. The molecule has 2 aromatic rings. The molecule has 4 bridgehead atoms. The number of benzene rings is 1. The number of aliphatic imine (C=N–C) groups is 1. The van der Waals surface area contributed by atoms with Gasteiger partial charge in [-0.05, 0) is 25.5 Å². The second kappa shape index (κ2) is 7.51. The number of rotatable bonds is 4. The molecular formula is C30H29N4O5+. The van der Waals surface area contributed by atoms with Crippen molar-refractivity contribution in [3.63, 3.8) is 0 Å². The number of methoxy groups -OCH3 is 1. The Labute approximate surface area is 224 Å². The molecule has 9 nitrogen and oxygen atoms in total. The number of ketones is 1. The van der Waals surface area contributed by atoms with Gasteiger partial charge in [0.15, 0.2) is 17.1 Å². The summed E-state index contributed by atoms with van der Waals surface area (Å²) in [7, 11) is 3.53. The van der Waals surface area contributed by atoms with Crippen LogP contribution in [0.3, 0.4) is 0 Å². The van der Waals surface area contributed by atoms with E-state index >= 15 is 0 Å². The van der Waals surface area contributed by atoms with Gasteiger partial charge in [0.25, 0.3) is 6.23 Å². The molecular weight excluding hydrogens is 496 g/mol. The summed E-state index contributed by atoms with van der Waals surface area (Å²) in [5.41, 5.74) is 5.84. The Bertz CT molecular complexity index is 1810. The summed E-state index contributed by atoms with van der Waals surface area (Å²) in [4.78, 5) is 30.5. The van der Waals surface area contributed by atoms with Crippen molar-refractivity contribution in [2.24, 2.45) is 4.99 Å². The maximum Gasteiger partial charge on any atom is 0.323 e. The van der Waals surface area contributed by atoms with Crippen LogP contribution in [-0.4, -0.2) is 71.3 Å². The number of hydrogen-bond donors (Lipinski definition) is 1. The minimum absolute atomic E-state index is 0.0594. The lowest BCUT2D eigenvalue weighted by Gasteiger charge is -2.48. The molecule has 9 heteroatoms. The average Bonchev–Trinajstić information content (AvgIpc) is 3.55. The van der Waals surface area contributed by atoms with Crippen molar-refractivity contribution in [3.8, 4) is 0 Å². The van der Waals surface area contributed by atoms with Crippen LogP contribution >= 0.6 is 0 Å². The molecule has 1 aromatic carbocycles. The fourth-order valence-corrected chi connectivity index (χ4v) is 8.08. The van der Waals surface area contributed by atoms with Gasteiger partial charge in [-0.2, -0.15) is 4.59 Å². The SMILES string of the molecule is CO[C@H]1[C@@]2(C)/C=C\Cn3c4c(c5c6c(c7c(c53)[N@@+]1(N(C)CC(=O)O)C1=C7C=C[C@@H](C1)O2)C=NC=6)C(=O)CCC=4. The fourth-order valence-electron chi connectivity index (χ4n) is 8.08. The third-order valence-corrected chi connectivity index (χ3v) is 9.29. The highest BCUT2D eigenvalue weighted by atomic mass is 16.6. The van der Waals surface area contributed by atoms with E-state index in [9.17, 15) is 14.7 Å². The monoisotopic (exact) mass is 525 g/mol. The number of fused-ring (bicyclic) bond motifs is 9. The van der Waals surface area contributed by atoms with E-state index in [4.69, 9.17) is 9.47 Å². The first-order valence-corrected chi connectivity index (χ1v) is 13.4. The summed E-state index contributed by atoms with van der Waals surface area (Å²) < 4.78 is 15.5. The van der Waals surface area contributed by atoms with Crippen molar-refractivity contribution in [3.05, 3.63) is 57.3 Å². The zero-order chi connectivity index (χ0) is 26.8. The lowest BCUT2D eigenvalue weighted by molar-refractivity contribution is -0.192. The highest BCUT2D eigenvalue weighted by Crippen LogP contribution is 2.59. The van der Waals surface area contributed by atoms with Gasteiger partial charge >= 0.3 is 5.97 Å². The standard InChI is InChI=1S/C30H28N4O5/c1-30-10-5-11-33-20-6-4-7-22(35)26(20)25-19-14-31-13-18(19)24-17-9-8-16(39-30)12-21(17)34(29(30)38-3,28(24)27(25)33)32(2)15-23(36)37/h5-6,8-10,13-14,16,29H,4,7,11-12,15H2,1-3H3/p+1/b10-5-/t16-,29-,30+,34-/m0/s1. The Morgan fingerprint density at radius 3 is 3.03 bits per heavy atom.